The molecule has 2 aliphatic rings. The van der Waals surface area contributed by atoms with Gasteiger partial charge in [-0.05, 0) is 6.92 Å². The second kappa shape index (κ2) is 6.75. The van der Waals surface area contributed by atoms with Gasteiger partial charge >= 0.3 is 5.54 Å². The zero-order valence-electron chi connectivity index (χ0n) is 14.6. The second-order valence-electron chi connectivity index (χ2n) is 7.10. The maximum absolute atomic E-state index is 13.3. The summed E-state index contributed by atoms with van der Waals surface area (Å²) < 4.78 is 0. The van der Waals surface area contributed by atoms with E-state index >= 15 is 0 Å². The molecule has 1 fully saturated rings. The molecule has 0 radical (unpaired) electrons. The molecule has 144 valence electrons. The van der Waals surface area contributed by atoms with E-state index in [4.69, 9.17) is 0 Å². The number of benzene rings is 1. The van der Waals surface area contributed by atoms with Crippen molar-refractivity contribution in [2.24, 2.45) is 5.92 Å². The molecular formula is C17H18BrN3O6. The van der Waals surface area contributed by atoms with Gasteiger partial charge in [0.05, 0.1) is 13.1 Å². The number of rotatable bonds is 6. The summed E-state index contributed by atoms with van der Waals surface area (Å²) in [5.74, 6) is -2.52. The molecule has 0 amide bonds. The Morgan fingerprint density at radius 1 is 1.22 bits per heavy atom. The molecule has 1 aromatic carbocycles. The largest absolute Gasteiger partial charge is 0.306 e. The Balaban J connectivity index is 2.39. The van der Waals surface area contributed by atoms with Gasteiger partial charge in [0.25, 0.3) is 5.54 Å². The van der Waals surface area contributed by atoms with Gasteiger partial charge in [0.1, 0.15) is 11.7 Å². The number of carbonyl (C=O) groups is 2. The van der Waals surface area contributed by atoms with Crippen LogP contribution in [0.15, 0.2) is 24.3 Å². The van der Waals surface area contributed by atoms with Gasteiger partial charge in [-0.2, -0.15) is 0 Å². The predicted molar refractivity (Wildman–Crippen MR) is 98.2 cm³/mol. The molecule has 10 heteroatoms. The first-order valence-corrected chi connectivity index (χ1v) is 9.55. The molecule has 2 bridgehead atoms. The Morgan fingerprint density at radius 3 is 2.37 bits per heavy atom. The molecule has 9 nitrogen and oxygen atoms in total. The fraction of sp³-hybridized carbons (Fsp3) is 0.529. The highest BCUT2D eigenvalue weighted by atomic mass is 79.9. The molecule has 0 aromatic heterocycles. The van der Waals surface area contributed by atoms with Gasteiger partial charge in [0.15, 0.2) is 0 Å². The quantitative estimate of drug-likeness (QED) is 0.375. The van der Waals surface area contributed by atoms with Gasteiger partial charge in [-0.1, -0.05) is 40.2 Å². The number of hydrogen-bond acceptors (Lipinski definition) is 7. The lowest BCUT2D eigenvalue weighted by Gasteiger charge is -2.50. The standard InChI is InChI=1S/C17H18BrN3O6/c1-11(22)8-14-16(20(24)25)9-19(7-6-18)10-17(14,21(26)27)15(23)12-4-2-3-5-13(12)16/h2-5,14H,6-10H2,1H3/t14-,16-,17+/m0/s1. The third kappa shape index (κ3) is 2.61. The van der Waals surface area contributed by atoms with Crippen molar-refractivity contribution in [3.63, 3.8) is 0 Å². The van der Waals surface area contributed by atoms with Gasteiger partial charge in [-0.25, -0.2) is 0 Å². The fourth-order valence-electron chi connectivity index (χ4n) is 4.60. The van der Waals surface area contributed by atoms with Crippen LogP contribution in [0.4, 0.5) is 0 Å². The highest BCUT2D eigenvalue weighted by Crippen LogP contribution is 2.53. The summed E-state index contributed by atoms with van der Waals surface area (Å²) in [6.07, 6.45) is -0.399. The molecule has 1 aliphatic carbocycles. The molecular weight excluding hydrogens is 422 g/mol. The van der Waals surface area contributed by atoms with Gasteiger partial charge in [-0.3, -0.25) is 29.9 Å². The smallest absolute Gasteiger partial charge is 0.300 e. The number of ketones is 2. The number of nitrogens with zero attached hydrogens (tertiary/aromatic N) is 3. The van der Waals surface area contributed by atoms with E-state index < -0.39 is 44.8 Å². The van der Waals surface area contributed by atoms with Gasteiger partial charge < -0.3 is 4.79 Å². The van der Waals surface area contributed by atoms with Crippen molar-refractivity contribution in [2.45, 2.75) is 24.4 Å². The predicted octanol–water partition coefficient (Wildman–Crippen LogP) is 1.68. The third-order valence-electron chi connectivity index (χ3n) is 5.66. The number of Topliss-reactive ketones (excluding diaryl/α,β-unsaturated/α-hetero) is 2. The summed E-state index contributed by atoms with van der Waals surface area (Å²) in [7, 11) is 0. The number of piperidine rings is 1. The Morgan fingerprint density at radius 2 is 1.81 bits per heavy atom. The van der Waals surface area contributed by atoms with Crippen molar-refractivity contribution >= 4 is 27.5 Å². The Hall–Kier alpha value is -2.20. The van der Waals surface area contributed by atoms with E-state index in [2.05, 4.69) is 15.9 Å². The number of carbonyl (C=O) groups excluding carboxylic acids is 2. The SMILES string of the molecule is CC(=O)C[C@@H]1[C@]2([N+](=O)[O-])CN(CCBr)C[C@]1([N+](=O)[O-])c1ccccc1C2=O. The van der Waals surface area contributed by atoms with E-state index in [0.717, 1.165) is 0 Å². The maximum Gasteiger partial charge on any atom is 0.306 e. The van der Waals surface area contributed by atoms with E-state index in [1.165, 1.54) is 25.1 Å². The van der Waals surface area contributed by atoms with E-state index in [1.807, 2.05) is 0 Å². The Kier molecular flexibility index (Phi) is 4.89. The summed E-state index contributed by atoms with van der Waals surface area (Å²) in [6.45, 7) is 1.20. The van der Waals surface area contributed by atoms with Crippen LogP contribution in [0.2, 0.25) is 0 Å². The minimum Gasteiger partial charge on any atom is -0.300 e. The van der Waals surface area contributed by atoms with Crippen LogP contribution < -0.4 is 0 Å². The van der Waals surface area contributed by atoms with Crippen molar-refractivity contribution < 1.29 is 19.4 Å². The molecule has 27 heavy (non-hydrogen) atoms. The van der Waals surface area contributed by atoms with Crippen LogP contribution in [0.3, 0.4) is 0 Å². The molecule has 0 N–H and O–H groups in total. The van der Waals surface area contributed by atoms with Crippen molar-refractivity contribution in [2.75, 3.05) is 25.0 Å². The highest BCUT2D eigenvalue weighted by Gasteiger charge is 2.77. The molecule has 0 spiro atoms. The fourth-order valence-corrected chi connectivity index (χ4v) is 5.10. The van der Waals surface area contributed by atoms with Crippen LogP contribution in [0.25, 0.3) is 0 Å². The van der Waals surface area contributed by atoms with E-state index in [0.29, 0.717) is 11.9 Å². The van der Waals surface area contributed by atoms with Gasteiger partial charge in [0, 0.05) is 39.3 Å². The zero-order valence-corrected chi connectivity index (χ0v) is 16.2. The Bertz CT molecular complexity index is 846. The summed E-state index contributed by atoms with van der Waals surface area (Å²) in [4.78, 5) is 50.1. The maximum atomic E-state index is 13.3. The molecule has 1 aliphatic heterocycles. The zero-order chi connectivity index (χ0) is 20.0. The van der Waals surface area contributed by atoms with Crippen LogP contribution in [-0.4, -0.2) is 56.8 Å². The third-order valence-corrected chi connectivity index (χ3v) is 6.01. The first kappa shape index (κ1) is 19.6. The van der Waals surface area contributed by atoms with E-state index in [-0.39, 0.29) is 24.2 Å². The monoisotopic (exact) mass is 439 g/mol. The number of halogens is 1. The van der Waals surface area contributed by atoms with Crippen LogP contribution in [0.1, 0.15) is 29.3 Å². The van der Waals surface area contributed by atoms with Crippen LogP contribution in [0.5, 0.6) is 0 Å². The first-order chi connectivity index (χ1) is 12.7. The first-order valence-electron chi connectivity index (χ1n) is 8.43. The summed E-state index contributed by atoms with van der Waals surface area (Å²) >= 11 is 3.26. The number of hydrogen-bond donors (Lipinski definition) is 0. The average molecular weight is 440 g/mol. The summed E-state index contributed by atoms with van der Waals surface area (Å²) in [6, 6.07) is 5.99. The normalized spacial score (nSPS) is 29.9. The topological polar surface area (TPSA) is 124 Å². The summed E-state index contributed by atoms with van der Waals surface area (Å²) in [5, 5.41) is 25.1. The molecule has 1 saturated heterocycles. The number of fused-ring (bicyclic) bond motifs is 4. The summed E-state index contributed by atoms with van der Waals surface area (Å²) in [5.41, 5.74) is -3.97. The van der Waals surface area contributed by atoms with Gasteiger partial charge in [0.2, 0.25) is 5.78 Å². The van der Waals surface area contributed by atoms with Crippen molar-refractivity contribution in [1.82, 2.24) is 4.90 Å². The molecule has 1 aromatic rings. The molecule has 1 heterocycles. The van der Waals surface area contributed by atoms with Crippen LogP contribution in [0, 0.1) is 26.1 Å². The number of nitro groups is 2. The Labute approximate surface area is 163 Å². The number of likely N-dealkylation sites (tertiary alicyclic amines) is 1. The van der Waals surface area contributed by atoms with Crippen molar-refractivity contribution in [3.8, 4) is 0 Å². The van der Waals surface area contributed by atoms with Crippen LogP contribution in [-0.2, 0) is 10.3 Å². The molecule has 3 rings (SSSR count). The number of alkyl halides is 1. The van der Waals surface area contributed by atoms with E-state index in [1.54, 1.807) is 11.0 Å². The average Bonchev–Trinajstić information content (AvgIpc) is 2.60. The molecule has 3 atom stereocenters. The van der Waals surface area contributed by atoms with Crippen LogP contribution >= 0.6 is 15.9 Å². The highest BCUT2D eigenvalue weighted by molar-refractivity contribution is 9.09. The van der Waals surface area contributed by atoms with Gasteiger partial charge in [-0.15, -0.1) is 0 Å². The minimum atomic E-state index is -2.23. The lowest BCUT2D eigenvalue weighted by molar-refractivity contribution is -0.640. The lowest BCUT2D eigenvalue weighted by atomic mass is 9.56. The van der Waals surface area contributed by atoms with Crippen molar-refractivity contribution in [3.05, 3.63) is 55.6 Å². The minimum absolute atomic E-state index is 0.00388. The lowest BCUT2D eigenvalue weighted by Crippen LogP contribution is -2.75. The second-order valence-corrected chi connectivity index (χ2v) is 7.89. The molecule has 0 saturated carbocycles. The van der Waals surface area contributed by atoms with Crippen molar-refractivity contribution in [1.29, 1.82) is 0 Å². The molecule has 0 unspecified atom stereocenters. The van der Waals surface area contributed by atoms with E-state index in [9.17, 15) is 29.8 Å².